The van der Waals surface area contributed by atoms with E-state index in [1.165, 1.54) is 6.42 Å². The number of hydrogen-bond donors (Lipinski definition) is 1. The van der Waals surface area contributed by atoms with Crippen molar-refractivity contribution in [3.8, 4) is 0 Å². The fourth-order valence-electron chi connectivity index (χ4n) is 3.60. The van der Waals surface area contributed by atoms with Crippen LogP contribution in [0.2, 0.25) is 0 Å². The Morgan fingerprint density at radius 2 is 1.91 bits per heavy atom. The predicted octanol–water partition coefficient (Wildman–Crippen LogP) is 2.83. The van der Waals surface area contributed by atoms with Crippen LogP contribution in [0.15, 0.2) is 24.3 Å². The van der Waals surface area contributed by atoms with E-state index in [4.69, 9.17) is 4.74 Å². The number of nitrogens with zero attached hydrogens (tertiary/aromatic N) is 1. The molecule has 1 amide bonds. The summed E-state index contributed by atoms with van der Waals surface area (Å²) in [7, 11) is 0. The van der Waals surface area contributed by atoms with Crippen LogP contribution in [0.3, 0.4) is 0 Å². The number of carbonyl (C=O) groups excluding carboxylic acids is 1. The Bertz CT molecular complexity index is 523. The van der Waals surface area contributed by atoms with E-state index in [0.29, 0.717) is 12.0 Å². The van der Waals surface area contributed by atoms with Crippen molar-refractivity contribution in [2.24, 2.45) is 5.41 Å². The number of amides is 1. The van der Waals surface area contributed by atoms with Crippen molar-refractivity contribution >= 4 is 5.91 Å². The lowest BCUT2D eigenvalue weighted by Crippen LogP contribution is -2.44. The van der Waals surface area contributed by atoms with Gasteiger partial charge in [-0.2, -0.15) is 0 Å². The van der Waals surface area contributed by atoms with Crippen LogP contribution in [0.4, 0.5) is 0 Å². The first kappa shape index (κ1) is 16.5. The third kappa shape index (κ3) is 3.93. The summed E-state index contributed by atoms with van der Waals surface area (Å²) < 4.78 is 5.60. The van der Waals surface area contributed by atoms with Gasteiger partial charge in [0, 0.05) is 25.2 Å². The fraction of sp³-hybridized carbons (Fsp3) is 0.632. The molecule has 1 N–H and O–H groups in total. The maximum Gasteiger partial charge on any atom is 0.253 e. The van der Waals surface area contributed by atoms with Crippen LogP contribution in [0.5, 0.6) is 0 Å². The Morgan fingerprint density at radius 1 is 1.22 bits per heavy atom. The molecule has 1 aromatic carbocycles. The van der Waals surface area contributed by atoms with Crippen molar-refractivity contribution in [1.29, 1.82) is 0 Å². The molecule has 2 aliphatic rings. The van der Waals surface area contributed by atoms with E-state index in [-0.39, 0.29) is 12.0 Å². The van der Waals surface area contributed by atoms with Gasteiger partial charge in [-0.3, -0.25) is 4.79 Å². The van der Waals surface area contributed by atoms with Gasteiger partial charge in [0.25, 0.3) is 5.91 Å². The van der Waals surface area contributed by atoms with Crippen molar-refractivity contribution in [3.05, 3.63) is 35.4 Å². The second-order valence-electron chi connectivity index (χ2n) is 7.28. The molecule has 2 saturated heterocycles. The topological polar surface area (TPSA) is 41.6 Å². The van der Waals surface area contributed by atoms with Crippen molar-refractivity contribution in [2.75, 3.05) is 26.2 Å². The minimum absolute atomic E-state index is 0.169. The highest BCUT2D eigenvalue weighted by Crippen LogP contribution is 2.37. The van der Waals surface area contributed by atoms with Crippen molar-refractivity contribution in [1.82, 2.24) is 10.2 Å². The van der Waals surface area contributed by atoms with E-state index in [9.17, 15) is 4.79 Å². The SMILES string of the molecule is CC(C)OCc1ccc(C(=O)N2CCC3(CCNC3)CC2)cc1. The summed E-state index contributed by atoms with van der Waals surface area (Å²) in [5, 5.41) is 3.47. The molecule has 0 atom stereocenters. The highest BCUT2D eigenvalue weighted by atomic mass is 16.5. The number of likely N-dealkylation sites (tertiary alicyclic amines) is 1. The summed E-state index contributed by atoms with van der Waals surface area (Å²) in [6.07, 6.45) is 3.75. The Labute approximate surface area is 139 Å². The zero-order valence-electron chi connectivity index (χ0n) is 14.3. The highest BCUT2D eigenvalue weighted by Gasteiger charge is 2.38. The fourth-order valence-corrected chi connectivity index (χ4v) is 3.60. The Morgan fingerprint density at radius 3 is 2.48 bits per heavy atom. The van der Waals surface area contributed by atoms with Gasteiger partial charge in [-0.1, -0.05) is 12.1 Å². The van der Waals surface area contributed by atoms with E-state index in [1.807, 2.05) is 43.0 Å². The Balaban J connectivity index is 1.56. The first-order valence-corrected chi connectivity index (χ1v) is 8.79. The van der Waals surface area contributed by atoms with Crippen LogP contribution in [-0.2, 0) is 11.3 Å². The zero-order chi connectivity index (χ0) is 16.3. The number of hydrogen-bond acceptors (Lipinski definition) is 3. The number of rotatable bonds is 4. The quantitative estimate of drug-likeness (QED) is 0.929. The molecule has 1 spiro atoms. The minimum Gasteiger partial charge on any atom is -0.374 e. The molecular formula is C19H28N2O2. The predicted molar refractivity (Wildman–Crippen MR) is 91.4 cm³/mol. The van der Waals surface area contributed by atoms with Gasteiger partial charge in [-0.15, -0.1) is 0 Å². The van der Waals surface area contributed by atoms with E-state index in [0.717, 1.165) is 50.1 Å². The van der Waals surface area contributed by atoms with Gasteiger partial charge in [-0.05, 0) is 62.8 Å². The van der Waals surface area contributed by atoms with E-state index >= 15 is 0 Å². The molecule has 2 aliphatic heterocycles. The summed E-state index contributed by atoms with van der Waals surface area (Å²) in [6.45, 7) is 8.69. The summed E-state index contributed by atoms with van der Waals surface area (Å²) in [4.78, 5) is 14.7. The van der Waals surface area contributed by atoms with Gasteiger partial charge in [0.2, 0.25) is 0 Å². The molecule has 0 bridgehead atoms. The molecule has 4 heteroatoms. The summed E-state index contributed by atoms with van der Waals surface area (Å²) in [5.74, 6) is 0.169. The van der Waals surface area contributed by atoms with Gasteiger partial charge in [0.15, 0.2) is 0 Å². The molecule has 0 radical (unpaired) electrons. The van der Waals surface area contributed by atoms with Gasteiger partial charge in [0.1, 0.15) is 0 Å². The summed E-state index contributed by atoms with van der Waals surface area (Å²) in [6, 6.07) is 7.87. The number of nitrogens with one attached hydrogen (secondary N) is 1. The summed E-state index contributed by atoms with van der Waals surface area (Å²) >= 11 is 0. The minimum atomic E-state index is 0.169. The van der Waals surface area contributed by atoms with Crippen molar-refractivity contribution in [2.45, 2.75) is 45.8 Å². The maximum absolute atomic E-state index is 12.7. The molecular weight excluding hydrogens is 288 g/mol. The molecule has 4 nitrogen and oxygen atoms in total. The van der Waals surface area contributed by atoms with Crippen LogP contribution in [0.25, 0.3) is 0 Å². The third-order valence-electron chi connectivity index (χ3n) is 5.23. The van der Waals surface area contributed by atoms with Gasteiger partial charge < -0.3 is 15.0 Å². The van der Waals surface area contributed by atoms with Gasteiger partial charge >= 0.3 is 0 Å². The van der Waals surface area contributed by atoms with E-state index in [2.05, 4.69) is 5.32 Å². The normalized spacial score (nSPS) is 20.4. The van der Waals surface area contributed by atoms with Gasteiger partial charge in [0.05, 0.1) is 12.7 Å². The third-order valence-corrected chi connectivity index (χ3v) is 5.23. The van der Waals surface area contributed by atoms with E-state index in [1.54, 1.807) is 0 Å². The lowest BCUT2D eigenvalue weighted by Gasteiger charge is -2.38. The molecule has 0 aliphatic carbocycles. The number of ether oxygens (including phenoxy) is 1. The lowest BCUT2D eigenvalue weighted by atomic mass is 9.78. The van der Waals surface area contributed by atoms with Crippen molar-refractivity contribution < 1.29 is 9.53 Å². The number of piperidine rings is 1. The van der Waals surface area contributed by atoms with Gasteiger partial charge in [-0.25, -0.2) is 0 Å². The monoisotopic (exact) mass is 316 g/mol. The first-order chi connectivity index (χ1) is 11.1. The average molecular weight is 316 g/mol. The zero-order valence-corrected chi connectivity index (χ0v) is 14.3. The molecule has 0 saturated carbocycles. The highest BCUT2D eigenvalue weighted by molar-refractivity contribution is 5.94. The first-order valence-electron chi connectivity index (χ1n) is 8.79. The molecule has 2 fully saturated rings. The second-order valence-corrected chi connectivity index (χ2v) is 7.28. The van der Waals surface area contributed by atoms with Crippen LogP contribution in [0.1, 0.15) is 49.0 Å². The van der Waals surface area contributed by atoms with Crippen LogP contribution in [0, 0.1) is 5.41 Å². The van der Waals surface area contributed by atoms with Crippen molar-refractivity contribution in [3.63, 3.8) is 0 Å². The Kier molecular flexibility index (Phi) is 5.02. The molecule has 126 valence electrons. The molecule has 23 heavy (non-hydrogen) atoms. The van der Waals surface area contributed by atoms with Crippen LogP contribution >= 0.6 is 0 Å². The Hall–Kier alpha value is -1.39. The molecule has 0 aromatic heterocycles. The maximum atomic E-state index is 12.7. The average Bonchev–Trinajstić information content (AvgIpc) is 3.02. The molecule has 2 heterocycles. The molecule has 3 rings (SSSR count). The second kappa shape index (κ2) is 7.02. The standard InChI is InChI=1S/C19H28N2O2/c1-15(2)23-13-16-3-5-17(6-4-16)18(22)21-11-8-19(9-12-21)7-10-20-14-19/h3-6,15,20H,7-14H2,1-2H3. The van der Waals surface area contributed by atoms with Crippen LogP contribution in [-0.4, -0.2) is 43.1 Å². The smallest absolute Gasteiger partial charge is 0.253 e. The van der Waals surface area contributed by atoms with E-state index < -0.39 is 0 Å². The largest absolute Gasteiger partial charge is 0.374 e. The molecule has 1 aromatic rings. The van der Waals surface area contributed by atoms with Crippen LogP contribution < -0.4 is 5.32 Å². The molecule has 0 unspecified atom stereocenters. The summed E-state index contributed by atoms with van der Waals surface area (Å²) in [5.41, 5.74) is 2.36. The lowest BCUT2D eigenvalue weighted by molar-refractivity contribution is 0.0605. The number of benzene rings is 1. The number of carbonyl (C=O) groups is 1.